The molecule has 0 unspecified atom stereocenters. The van der Waals surface area contributed by atoms with E-state index in [4.69, 9.17) is 4.84 Å². The summed E-state index contributed by atoms with van der Waals surface area (Å²) < 4.78 is 28.9. The van der Waals surface area contributed by atoms with Gasteiger partial charge in [0.05, 0.1) is 18.8 Å². The van der Waals surface area contributed by atoms with E-state index in [0.29, 0.717) is 19.6 Å². The fraction of sp³-hybridized carbons (Fsp3) is 0.500. The van der Waals surface area contributed by atoms with Crippen molar-refractivity contribution in [2.75, 3.05) is 19.7 Å². The van der Waals surface area contributed by atoms with Crippen molar-refractivity contribution in [1.29, 1.82) is 0 Å². The van der Waals surface area contributed by atoms with Crippen LogP contribution in [0.1, 0.15) is 49.4 Å². The van der Waals surface area contributed by atoms with Crippen LogP contribution < -0.4 is 5.32 Å². The Kier molecular flexibility index (Phi) is 5.68. The number of carbonyl (C=O) groups is 1. The van der Waals surface area contributed by atoms with Crippen molar-refractivity contribution in [1.82, 2.24) is 20.2 Å². The number of hydrogen-bond acceptors (Lipinski definition) is 4. The summed E-state index contributed by atoms with van der Waals surface area (Å²) in [4.78, 5) is 17.9. The first-order chi connectivity index (χ1) is 13.6. The van der Waals surface area contributed by atoms with Gasteiger partial charge in [-0.3, -0.25) is 9.63 Å². The highest BCUT2D eigenvalue weighted by Gasteiger charge is 2.27. The lowest BCUT2D eigenvalue weighted by Crippen LogP contribution is -2.36. The first-order valence-electron chi connectivity index (χ1n) is 9.81. The second kappa shape index (κ2) is 8.36. The van der Waals surface area contributed by atoms with E-state index in [1.54, 1.807) is 6.20 Å². The van der Waals surface area contributed by atoms with Crippen molar-refractivity contribution >= 4 is 5.91 Å². The van der Waals surface area contributed by atoms with Crippen LogP contribution in [0.3, 0.4) is 0 Å². The summed E-state index contributed by atoms with van der Waals surface area (Å²) in [6, 6.07) is 3.32. The Morgan fingerprint density at radius 3 is 2.96 bits per heavy atom. The molecule has 1 fully saturated rings. The molecule has 2 aliphatic rings. The standard InChI is InChI=1S/C20H24F2N4O2/c21-14-6-7-19(16(22)12-14)26-18-5-3-4-17(15(18)13-23-26)24-20(27)8-10-25-9-1-2-11-28-25/h6-7,12-13,17H,1-5,8-11H2,(H,24,27)/t17-/m0/s1. The average molecular weight is 390 g/mol. The largest absolute Gasteiger partial charge is 0.349 e. The zero-order valence-corrected chi connectivity index (χ0v) is 15.7. The average Bonchev–Trinajstić information content (AvgIpc) is 3.12. The number of benzene rings is 1. The number of carbonyl (C=O) groups excluding carboxylic acids is 1. The van der Waals surface area contributed by atoms with Crippen LogP contribution >= 0.6 is 0 Å². The summed E-state index contributed by atoms with van der Waals surface area (Å²) in [5.41, 5.74) is 1.98. The highest BCUT2D eigenvalue weighted by molar-refractivity contribution is 5.76. The van der Waals surface area contributed by atoms with E-state index in [9.17, 15) is 13.6 Å². The molecule has 0 bridgehead atoms. The lowest BCUT2D eigenvalue weighted by atomic mass is 9.92. The number of hydroxylamine groups is 2. The van der Waals surface area contributed by atoms with Crippen LogP contribution in [-0.4, -0.2) is 40.4 Å². The fourth-order valence-corrected chi connectivity index (χ4v) is 3.88. The van der Waals surface area contributed by atoms with Crippen LogP contribution in [-0.2, 0) is 16.1 Å². The minimum atomic E-state index is -0.654. The zero-order valence-electron chi connectivity index (χ0n) is 15.7. The first kappa shape index (κ1) is 19.0. The summed E-state index contributed by atoms with van der Waals surface area (Å²) in [6.07, 6.45) is 6.61. The highest BCUT2D eigenvalue weighted by Crippen LogP contribution is 2.31. The Labute approximate surface area is 162 Å². The van der Waals surface area contributed by atoms with Gasteiger partial charge in [-0.2, -0.15) is 10.2 Å². The van der Waals surface area contributed by atoms with E-state index >= 15 is 0 Å². The molecule has 8 heteroatoms. The molecule has 0 spiro atoms. The predicted octanol–water partition coefficient (Wildman–Crippen LogP) is 3.06. The molecule has 1 saturated heterocycles. The lowest BCUT2D eigenvalue weighted by Gasteiger charge is -2.27. The van der Waals surface area contributed by atoms with Crippen molar-refractivity contribution in [2.45, 2.75) is 44.6 Å². The quantitative estimate of drug-likeness (QED) is 0.853. The molecule has 1 atom stereocenters. The maximum atomic E-state index is 14.2. The smallest absolute Gasteiger partial charge is 0.221 e. The van der Waals surface area contributed by atoms with Crippen LogP contribution in [0.4, 0.5) is 8.78 Å². The predicted molar refractivity (Wildman–Crippen MR) is 98.7 cm³/mol. The van der Waals surface area contributed by atoms with Crippen molar-refractivity contribution in [3.05, 3.63) is 47.3 Å². The first-order valence-corrected chi connectivity index (χ1v) is 9.81. The molecule has 1 aliphatic carbocycles. The lowest BCUT2D eigenvalue weighted by molar-refractivity contribution is -0.181. The fourth-order valence-electron chi connectivity index (χ4n) is 3.88. The number of amides is 1. The van der Waals surface area contributed by atoms with Crippen LogP contribution in [0, 0.1) is 11.6 Å². The molecule has 1 aromatic carbocycles. The van der Waals surface area contributed by atoms with Gasteiger partial charge in [-0.25, -0.2) is 13.5 Å². The van der Waals surface area contributed by atoms with Crippen LogP contribution in [0.5, 0.6) is 0 Å². The molecule has 2 heterocycles. The minimum Gasteiger partial charge on any atom is -0.349 e. The Morgan fingerprint density at radius 2 is 2.18 bits per heavy atom. The number of nitrogens with one attached hydrogen (secondary N) is 1. The molecule has 2 aromatic rings. The van der Waals surface area contributed by atoms with Crippen molar-refractivity contribution in [3.63, 3.8) is 0 Å². The molecule has 1 aliphatic heterocycles. The number of hydrogen-bond donors (Lipinski definition) is 1. The number of halogens is 2. The van der Waals surface area contributed by atoms with Gasteiger partial charge < -0.3 is 5.32 Å². The van der Waals surface area contributed by atoms with E-state index in [-0.39, 0.29) is 17.6 Å². The monoisotopic (exact) mass is 390 g/mol. The van der Waals surface area contributed by atoms with Gasteiger partial charge in [0.15, 0.2) is 5.82 Å². The molecule has 6 nitrogen and oxygen atoms in total. The molecular formula is C20H24F2N4O2. The van der Waals surface area contributed by atoms with Crippen LogP contribution in [0.2, 0.25) is 0 Å². The van der Waals surface area contributed by atoms with E-state index in [0.717, 1.165) is 56.0 Å². The van der Waals surface area contributed by atoms with E-state index in [2.05, 4.69) is 10.4 Å². The zero-order chi connectivity index (χ0) is 19.5. The van der Waals surface area contributed by atoms with Gasteiger partial charge in [-0.15, -0.1) is 0 Å². The Balaban J connectivity index is 1.44. The Morgan fingerprint density at radius 1 is 1.29 bits per heavy atom. The number of nitrogens with zero attached hydrogens (tertiary/aromatic N) is 3. The minimum absolute atomic E-state index is 0.0345. The molecule has 1 amide bonds. The second-order valence-corrected chi connectivity index (χ2v) is 7.29. The molecule has 1 N–H and O–H groups in total. The topological polar surface area (TPSA) is 59.4 Å². The summed E-state index contributed by atoms with van der Waals surface area (Å²) in [5, 5.41) is 9.24. The van der Waals surface area contributed by atoms with Crippen molar-refractivity contribution in [3.8, 4) is 5.69 Å². The molecule has 4 rings (SSSR count). The number of rotatable bonds is 5. The summed E-state index contributed by atoms with van der Waals surface area (Å²) in [5.74, 6) is -1.31. The third-order valence-electron chi connectivity index (χ3n) is 5.32. The van der Waals surface area contributed by atoms with Crippen molar-refractivity contribution < 1.29 is 18.4 Å². The van der Waals surface area contributed by atoms with E-state index in [1.165, 1.54) is 16.8 Å². The normalized spacial score (nSPS) is 20.0. The van der Waals surface area contributed by atoms with Gasteiger partial charge >= 0.3 is 0 Å². The van der Waals surface area contributed by atoms with Crippen LogP contribution in [0.15, 0.2) is 24.4 Å². The van der Waals surface area contributed by atoms with Gasteiger partial charge in [0.1, 0.15) is 11.5 Å². The SMILES string of the molecule is O=C(CCN1CCCCO1)N[C@H]1CCCc2c1cnn2-c1ccc(F)cc1F. The number of aromatic nitrogens is 2. The van der Waals surface area contributed by atoms with Crippen molar-refractivity contribution in [2.24, 2.45) is 0 Å². The maximum absolute atomic E-state index is 14.2. The van der Waals surface area contributed by atoms with Crippen LogP contribution in [0.25, 0.3) is 5.69 Å². The Hall–Kier alpha value is -2.32. The van der Waals surface area contributed by atoms with Gasteiger partial charge in [-0.1, -0.05) is 0 Å². The van der Waals surface area contributed by atoms with Gasteiger partial charge in [0.25, 0.3) is 0 Å². The van der Waals surface area contributed by atoms with Gasteiger partial charge in [0, 0.05) is 36.8 Å². The van der Waals surface area contributed by atoms with Gasteiger partial charge in [0.2, 0.25) is 5.91 Å². The molecule has 0 saturated carbocycles. The molecule has 150 valence electrons. The van der Waals surface area contributed by atoms with E-state index < -0.39 is 11.6 Å². The maximum Gasteiger partial charge on any atom is 0.221 e. The highest BCUT2D eigenvalue weighted by atomic mass is 19.1. The summed E-state index contributed by atoms with van der Waals surface area (Å²) >= 11 is 0. The molecule has 0 radical (unpaired) electrons. The van der Waals surface area contributed by atoms with Gasteiger partial charge in [-0.05, 0) is 44.2 Å². The summed E-state index contributed by atoms with van der Waals surface area (Å²) in [6.45, 7) is 2.15. The number of fused-ring (bicyclic) bond motifs is 1. The molecule has 1 aromatic heterocycles. The third kappa shape index (κ3) is 4.07. The third-order valence-corrected chi connectivity index (χ3v) is 5.32. The molecular weight excluding hydrogens is 366 g/mol. The second-order valence-electron chi connectivity index (χ2n) is 7.29. The Bertz CT molecular complexity index is 849. The summed E-state index contributed by atoms with van der Waals surface area (Å²) in [7, 11) is 0. The van der Waals surface area contributed by atoms with E-state index in [1.807, 2.05) is 5.06 Å². The molecule has 28 heavy (non-hydrogen) atoms.